The van der Waals surface area contributed by atoms with Crippen molar-refractivity contribution in [3.8, 4) is 5.75 Å². The van der Waals surface area contributed by atoms with Crippen molar-refractivity contribution >= 4 is 16.9 Å². The van der Waals surface area contributed by atoms with E-state index in [-0.39, 0.29) is 12.6 Å². The van der Waals surface area contributed by atoms with Gasteiger partial charge in [-0.1, -0.05) is 96.8 Å². The van der Waals surface area contributed by atoms with Crippen LogP contribution >= 0.6 is 11.3 Å². The lowest BCUT2D eigenvalue weighted by molar-refractivity contribution is 0.0400. The second kappa shape index (κ2) is 13.8. The van der Waals surface area contributed by atoms with Crippen LogP contribution in [0, 0.1) is 0 Å². The molecule has 0 saturated carbocycles. The zero-order chi connectivity index (χ0) is 27.7. The molecule has 0 radical (unpaired) electrons. The van der Waals surface area contributed by atoms with E-state index in [9.17, 15) is 5.11 Å². The summed E-state index contributed by atoms with van der Waals surface area (Å²) in [6.07, 6.45) is -0.609. The number of aliphatic hydroxyl groups is 1. The van der Waals surface area contributed by atoms with Crippen LogP contribution in [0.5, 0.6) is 5.75 Å². The van der Waals surface area contributed by atoms with Crippen molar-refractivity contribution in [3.05, 3.63) is 118 Å². The van der Waals surface area contributed by atoms with Gasteiger partial charge in [0.1, 0.15) is 28.5 Å². The van der Waals surface area contributed by atoms with Crippen LogP contribution in [0.2, 0.25) is 0 Å². The molecule has 2 heterocycles. The fourth-order valence-electron chi connectivity index (χ4n) is 5.14. The van der Waals surface area contributed by atoms with Gasteiger partial charge in [0.2, 0.25) is 0 Å². The molecular formula is C32H36N4O3S. The van der Waals surface area contributed by atoms with Gasteiger partial charge < -0.3 is 14.6 Å². The normalized spacial score (nSPS) is 15.3. The molecule has 1 fully saturated rings. The van der Waals surface area contributed by atoms with Gasteiger partial charge in [-0.25, -0.2) is 0 Å². The number of β-amino-alcohol motifs (C(OH)–C–C–N with tert-alkyl or cyclic N) is 1. The summed E-state index contributed by atoms with van der Waals surface area (Å²) in [6, 6.07) is 29.3. The summed E-state index contributed by atoms with van der Waals surface area (Å²) in [4.78, 5) is 4.86. The van der Waals surface area contributed by atoms with Crippen LogP contribution in [0.3, 0.4) is 0 Å². The van der Waals surface area contributed by atoms with Crippen LogP contribution < -0.4 is 4.74 Å². The average Bonchev–Trinajstić information content (AvgIpc) is 3.47. The van der Waals surface area contributed by atoms with Crippen LogP contribution in [-0.4, -0.2) is 77.6 Å². The molecule has 1 atom stereocenters. The molecule has 4 aromatic rings. The van der Waals surface area contributed by atoms with Gasteiger partial charge in [-0.2, -0.15) is 0 Å². The average molecular weight is 557 g/mol. The Kier molecular flexibility index (Phi) is 9.70. The number of nitrogens with zero attached hydrogens (tertiary/aromatic N) is 4. The number of aromatic nitrogens is 2. The minimum Gasteiger partial charge on any atom is -0.490 e. The van der Waals surface area contributed by atoms with Crippen molar-refractivity contribution in [2.24, 2.45) is 0 Å². The highest BCUT2D eigenvalue weighted by atomic mass is 32.1. The summed E-state index contributed by atoms with van der Waals surface area (Å²) in [5.41, 5.74) is 4.20. The van der Waals surface area contributed by atoms with Gasteiger partial charge in [0.15, 0.2) is 0 Å². The Morgan fingerprint density at radius 2 is 1.52 bits per heavy atom. The lowest BCUT2D eigenvalue weighted by Crippen LogP contribution is -2.50. The minimum atomic E-state index is -0.609. The number of aliphatic hydroxyl groups excluding tert-OH is 1. The van der Waals surface area contributed by atoms with Crippen molar-refractivity contribution in [1.82, 2.24) is 20.0 Å². The summed E-state index contributed by atoms with van der Waals surface area (Å²) in [6.45, 7) is 9.05. The van der Waals surface area contributed by atoms with Gasteiger partial charge in [0.05, 0.1) is 12.6 Å². The largest absolute Gasteiger partial charge is 0.490 e. The first-order valence-electron chi connectivity index (χ1n) is 13.6. The van der Waals surface area contributed by atoms with E-state index in [1.165, 1.54) is 22.5 Å². The van der Waals surface area contributed by atoms with Gasteiger partial charge >= 0.3 is 0 Å². The molecule has 0 aliphatic carbocycles. The van der Waals surface area contributed by atoms with Crippen LogP contribution in [0.15, 0.2) is 91.5 Å². The maximum atomic E-state index is 10.9. The number of benzene rings is 3. The van der Waals surface area contributed by atoms with Crippen molar-refractivity contribution in [1.29, 1.82) is 0 Å². The number of methoxy groups -OCH3 is 1. The van der Waals surface area contributed by atoms with Crippen molar-refractivity contribution in [2.75, 3.05) is 46.4 Å². The monoisotopic (exact) mass is 556 g/mol. The molecule has 3 aromatic carbocycles. The predicted octanol–water partition coefficient (Wildman–Crippen LogP) is 4.89. The van der Waals surface area contributed by atoms with E-state index >= 15 is 0 Å². The molecule has 1 N–H and O–H groups in total. The molecular weight excluding hydrogens is 520 g/mol. The van der Waals surface area contributed by atoms with Crippen molar-refractivity contribution in [2.45, 2.75) is 18.8 Å². The number of piperazine rings is 1. The minimum absolute atomic E-state index is 0.201. The number of hydrogen-bond donors (Lipinski definition) is 1. The second-order valence-corrected chi connectivity index (χ2v) is 11.0. The Labute approximate surface area is 240 Å². The number of para-hydroxylation sites is 1. The zero-order valence-electron chi connectivity index (χ0n) is 22.9. The highest BCUT2D eigenvalue weighted by molar-refractivity contribution is 7.12. The fourth-order valence-corrected chi connectivity index (χ4v) is 5.94. The van der Waals surface area contributed by atoms with Crippen LogP contribution in [0.25, 0.3) is 5.57 Å². The molecule has 1 saturated heterocycles. The highest BCUT2D eigenvalue weighted by Crippen LogP contribution is 2.32. The molecule has 7 nitrogen and oxygen atoms in total. The van der Waals surface area contributed by atoms with Crippen LogP contribution in [0.1, 0.15) is 32.7 Å². The van der Waals surface area contributed by atoms with Crippen molar-refractivity contribution in [3.63, 3.8) is 0 Å². The van der Waals surface area contributed by atoms with E-state index in [1.54, 1.807) is 7.11 Å². The first kappa shape index (κ1) is 28.1. The first-order valence-corrected chi connectivity index (χ1v) is 14.4. The van der Waals surface area contributed by atoms with E-state index in [2.05, 4.69) is 87.2 Å². The summed E-state index contributed by atoms with van der Waals surface area (Å²) in [7, 11) is 1.64. The highest BCUT2D eigenvalue weighted by Gasteiger charge is 2.27. The van der Waals surface area contributed by atoms with Gasteiger partial charge in [-0.3, -0.25) is 9.80 Å². The number of rotatable bonds is 12. The molecule has 208 valence electrons. The summed E-state index contributed by atoms with van der Waals surface area (Å²) < 4.78 is 11.3. The molecule has 1 aliphatic heterocycles. The van der Waals surface area contributed by atoms with Gasteiger partial charge in [-0.15, -0.1) is 10.2 Å². The fraction of sp³-hybridized carbons (Fsp3) is 0.312. The standard InChI is InChI=1S/C32H36N4O3S/c1-24(32-34-33-30(40-32)23-38-2)28-15-9-10-16-29(28)39-22-27(37)21-35-17-19-36(20-18-35)31(25-11-5-3-6-12-25)26-13-7-4-8-14-26/h3-16,27,31,37H,1,17-23H2,2H3. The molecule has 1 aliphatic rings. The maximum absolute atomic E-state index is 10.9. The third kappa shape index (κ3) is 7.02. The Balaban J connectivity index is 1.16. The van der Waals surface area contributed by atoms with E-state index in [4.69, 9.17) is 9.47 Å². The molecule has 40 heavy (non-hydrogen) atoms. The Hall–Kier alpha value is -3.40. The quantitative estimate of drug-likeness (QED) is 0.266. The van der Waals surface area contributed by atoms with Crippen molar-refractivity contribution < 1.29 is 14.6 Å². The number of ether oxygens (including phenoxy) is 2. The predicted molar refractivity (Wildman–Crippen MR) is 159 cm³/mol. The molecule has 0 bridgehead atoms. The lowest BCUT2D eigenvalue weighted by Gasteiger charge is -2.40. The second-order valence-electron chi connectivity index (χ2n) is 9.93. The van der Waals surface area contributed by atoms with E-state index in [1.807, 2.05) is 24.3 Å². The Morgan fingerprint density at radius 3 is 2.17 bits per heavy atom. The molecule has 1 aromatic heterocycles. The number of hydrogen-bond acceptors (Lipinski definition) is 8. The van der Waals surface area contributed by atoms with E-state index < -0.39 is 6.10 Å². The Bertz CT molecular complexity index is 1320. The van der Waals surface area contributed by atoms with E-state index in [0.29, 0.717) is 18.9 Å². The molecule has 0 spiro atoms. The van der Waals surface area contributed by atoms with Gasteiger partial charge in [-0.05, 0) is 17.2 Å². The smallest absolute Gasteiger partial charge is 0.148 e. The van der Waals surface area contributed by atoms with Crippen LogP contribution in [0.4, 0.5) is 0 Å². The molecule has 5 rings (SSSR count). The van der Waals surface area contributed by atoms with E-state index in [0.717, 1.165) is 47.3 Å². The van der Waals surface area contributed by atoms with Gasteiger partial charge in [0, 0.05) is 51.0 Å². The third-order valence-corrected chi connectivity index (χ3v) is 8.06. The Morgan fingerprint density at radius 1 is 0.900 bits per heavy atom. The summed E-state index contributed by atoms with van der Waals surface area (Å²) in [5.74, 6) is 0.674. The molecule has 0 amide bonds. The maximum Gasteiger partial charge on any atom is 0.148 e. The molecule has 8 heteroatoms. The summed E-state index contributed by atoms with van der Waals surface area (Å²) >= 11 is 1.45. The summed E-state index contributed by atoms with van der Waals surface area (Å²) in [5, 5.41) is 20.8. The SMILES string of the molecule is C=C(c1nnc(COC)s1)c1ccccc1OCC(O)CN1CCN(C(c2ccccc2)c2ccccc2)CC1. The zero-order valence-corrected chi connectivity index (χ0v) is 23.7. The topological polar surface area (TPSA) is 71.0 Å². The first-order chi connectivity index (χ1) is 19.6. The van der Waals surface area contributed by atoms with Crippen LogP contribution in [-0.2, 0) is 11.3 Å². The van der Waals surface area contributed by atoms with Gasteiger partial charge in [0.25, 0.3) is 0 Å². The molecule has 1 unspecified atom stereocenters. The third-order valence-electron chi connectivity index (χ3n) is 7.11. The lowest BCUT2D eigenvalue weighted by atomic mass is 9.96.